The van der Waals surface area contributed by atoms with E-state index >= 15 is 0 Å². The first-order valence-electron chi connectivity index (χ1n) is 8.81. The molecule has 132 valence electrons. The number of amides is 2. The van der Waals surface area contributed by atoms with Crippen molar-refractivity contribution in [1.29, 1.82) is 0 Å². The maximum absolute atomic E-state index is 12.8. The van der Waals surface area contributed by atoms with Crippen LogP contribution in [0.25, 0.3) is 0 Å². The summed E-state index contributed by atoms with van der Waals surface area (Å²) in [5.74, 6) is -0.0872. The van der Waals surface area contributed by atoms with E-state index < -0.39 is 0 Å². The molecule has 2 aromatic rings. The lowest BCUT2D eigenvalue weighted by molar-refractivity contribution is -0.129. The van der Waals surface area contributed by atoms with E-state index in [1.54, 1.807) is 11.3 Å². The summed E-state index contributed by atoms with van der Waals surface area (Å²) >= 11 is 1.60. The molecule has 1 aromatic heterocycles. The second-order valence-corrected chi connectivity index (χ2v) is 7.48. The van der Waals surface area contributed by atoms with Gasteiger partial charge in [0.1, 0.15) is 0 Å². The first-order chi connectivity index (χ1) is 12.1. The molecule has 2 heterocycles. The molecule has 0 aliphatic carbocycles. The van der Waals surface area contributed by atoms with E-state index in [-0.39, 0.29) is 23.8 Å². The van der Waals surface area contributed by atoms with E-state index in [2.05, 4.69) is 5.32 Å². The van der Waals surface area contributed by atoms with Crippen molar-refractivity contribution in [2.75, 3.05) is 11.4 Å². The largest absolute Gasteiger partial charge is 0.356 e. The van der Waals surface area contributed by atoms with Gasteiger partial charge in [-0.25, -0.2) is 0 Å². The van der Waals surface area contributed by atoms with E-state index in [1.807, 2.05) is 60.5 Å². The molecule has 1 aliphatic heterocycles. The Morgan fingerprint density at radius 2 is 2.04 bits per heavy atom. The minimum absolute atomic E-state index is 0.0462. The molecule has 0 radical (unpaired) electrons. The van der Waals surface area contributed by atoms with Gasteiger partial charge in [-0.3, -0.25) is 9.59 Å². The maximum Gasteiger partial charge on any atom is 0.227 e. The molecular formula is C20H24N2O2S. The molecule has 1 aromatic carbocycles. The molecule has 2 amide bonds. The Balaban J connectivity index is 1.99. The normalized spacial score (nSPS) is 20.6. The van der Waals surface area contributed by atoms with E-state index in [1.165, 1.54) is 0 Å². The number of benzene rings is 1. The number of nitrogens with one attached hydrogen (secondary N) is 1. The Morgan fingerprint density at radius 3 is 2.68 bits per heavy atom. The van der Waals surface area contributed by atoms with E-state index in [0.717, 1.165) is 22.5 Å². The summed E-state index contributed by atoms with van der Waals surface area (Å²) in [5.41, 5.74) is 2.01. The highest BCUT2D eigenvalue weighted by molar-refractivity contribution is 7.10. The van der Waals surface area contributed by atoms with Crippen molar-refractivity contribution in [2.45, 2.75) is 39.2 Å². The summed E-state index contributed by atoms with van der Waals surface area (Å²) in [7, 11) is 0. The lowest BCUT2D eigenvalue weighted by Crippen LogP contribution is -2.48. The molecule has 0 saturated carbocycles. The van der Waals surface area contributed by atoms with Crippen molar-refractivity contribution in [1.82, 2.24) is 5.32 Å². The van der Waals surface area contributed by atoms with Crippen LogP contribution in [0, 0.1) is 12.8 Å². The quantitative estimate of drug-likeness (QED) is 0.878. The second kappa shape index (κ2) is 7.83. The fourth-order valence-electron chi connectivity index (χ4n) is 3.34. The van der Waals surface area contributed by atoms with Gasteiger partial charge in [-0.05, 0) is 43.3 Å². The molecule has 1 aliphatic rings. The number of aryl methyl sites for hydroxylation is 1. The molecule has 0 bridgehead atoms. The van der Waals surface area contributed by atoms with Crippen molar-refractivity contribution in [3.05, 3.63) is 52.2 Å². The molecule has 25 heavy (non-hydrogen) atoms. The zero-order valence-electron chi connectivity index (χ0n) is 14.7. The topological polar surface area (TPSA) is 49.4 Å². The molecule has 1 saturated heterocycles. The van der Waals surface area contributed by atoms with Gasteiger partial charge in [0, 0.05) is 23.5 Å². The van der Waals surface area contributed by atoms with Crippen molar-refractivity contribution >= 4 is 28.8 Å². The van der Waals surface area contributed by atoms with Crippen LogP contribution in [0.3, 0.4) is 0 Å². The predicted octanol–water partition coefficient (Wildman–Crippen LogP) is 4.07. The standard InChI is InChI=1S/C20H24N2O2S/c1-3-12-21-20(24)16-10-11-18(23)22(15-8-6-14(2)7-9-15)19(16)17-5-4-13-25-17/h4-9,13,16,19H,3,10-12H2,1-2H3,(H,21,24). The van der Waals surface area contributed by atoms with E-state index in [9.17, 15) is 9.59 Å². The third kappa shape index (κ3) is 3.76. The molecular weight excluding hydrogens is 332 g/mol. The van der Waals surface area contributed by atoms with Gasteiger partial charge in [0.25, 0.3) is 0 Å². The monoisotopic (exact) mass is 356 g/mol. The van der Waals surface area contributed by atoms with Gasteiger partial charge in [-0.1, -0.05) is 30.7 Å². The number of carbonyl (C=O) groups excluding carboxylic acids is 2. The highest BCUT2D eigenvalue weighted by atomic mass is 32.1. The van der Waals surface area contributed by atoms with Gasteiger partial charge in [0.2, 0.25) is 11.8 Å². The van der Waals surface area contributed by atoms with Crippen LogP contribution in [-0.2, 0) is 9.59 Å². The zero-order chi connectivity index (χ0) is 17.8. The molecule has 1 N–H and O–H groups in total. The highest BCUT2D eigenvalue weighted by Gasteiger charge is 2.41. The maximum atomic E-state index is 12.8. The number of piperidine rings is 1. The number of rotatable bonds is 5. The van der Waals surface area contributed by atoms with Crippen molar-refractivity contribution < 1.29 is 9.59 Å². The van der Waals surface area contributed by atoms with Crippen molar-refractivity contribution in [3.63, 3.8) is 0 Å². The van der Waals surface area contributed by atoms with E-state index in [0.29, 0.717) is 19.4 Å². The van der Waals surface area contributed by atoms with Crippen molar-refractivity contribution in [3.8, 4) is 0 Å². The number of hydrogen-bond acceptors (Lipinski definition) is 3. The molecule has 3 rings (SSSR count). The summed E-state index contributed by atoms with van der Waals surface area (Å²) < 4.78 is 0. The first kappa shape index (κ1) is 17.7. The predicted molar refractivity (Wildman–Crippen MR) is 102 cm³/mol. The van der Waals surface area contributed by atoms with Crippen LogP contribution in [0.4, 0.5) is 5.69 Å². The fraction of sp³-hybridized carbons (Fsp3) is 0.400. The summed E-state index contributed by atoms with van der Waals surface area (Å²) in [6, 6.07) is 11.7. The van der Waals surface area contributed by atoms with Crippen molar-refractivity contribution in [2.24, 2.45) is 5.92 Å². The molecule has 2 atom stereocenters. The third-order valence-electron chi connectivity index (χ3n) is 4.63. The van der Waals surface area contributed by atoms with Crippen LogP contribution in [0.2, 0.25) is 0 Å². The van der Waals surface area contributed by atoms with Gasteiger partial charge in [-0.2, -0.15) is 0 Å². The van der Waals surface area contributed by atoms with Gasteiger partial charge >= 0.3 is 0 Å². The van der Waals surface area contributed by atoms with Gasteiger partial charge in [0.15, 0.2) is 0 Å². The second-order valence-electron chi connectivity index (χ2n) is 6.50. The van der Waals surface area contributed by atoms with Gasteiger partial charge in [-0.15, -0.1) is 11.3 Å². The number of anilines is 1. The molecule has 1 fully saturated rings. The zero-order valence-corrected chi connectivity index (χ0v) is 15.5. The summed E-state index contributed by atoms with van der Waals surface area (Å²) in [5, 5.41) is 5.02. The van der Waals surface area contributed by atoms with Crippen LogP contribution in [0.15, 0.2) is 41.8 Å². The third-order valence-corrected chi connectivity index (χ3v) is 5.57. The average molecular weight is 356 g/mol. The smallest absolute Gasteiger partial charge is 0.227 e. The summed E-state index contributed by atoms with van der Waals surface area (Å²) in [6.07, 6.45) is 1.90. The molecule has 4 nitrogen and oxygen atoms in total. The molecule has 0 spiro atoms. The Kier molecular flexibility index (Phi) is 5.53. The molecule has 2 unspecified atom stereocenters. The Hall–Kier alpha value is -2.14. The lowest BCUT2D eigenvalue weighted by atomic mass is 9.86. The minimum atomic E-state index is -0.235. The number of hydrogen-bond donors (Lipinski definition) is 1. The summed E-state index contributed by atoms with van der Waals surface area (Å²) in [4.78, 5) is 28.4. The average Bonchev–Trinajstić information content (AvgIpc) is 3.14. The molecule has 5 heteroatoms. The lowest BCUT2D eigenvalue weighted by Gasteiger charge is -2.40. The van der Waals surface area contributed by atoms with Crippen LogP contribution >= 0.6 is 11.3 Å². The van der Waals surface area contributed by atoms with Gasteiger partial charge < -0.3 is 10.2 Å². The van der Waals surface area contributed by atoms with Crippen LogP contribution < -0.4 is 10.2 Å². The first-order valence-corrected chi connectivity index (χ1v) is 9.69. The minimum Gasteiger partial charge on any atom is -0.356 e. The SMILES string of the molecule is CCCNC(=O)C1CCC(=O)N(c2ccc(C)cc2)C1c1cccs1. The van der Waals surface area contributed by atoms with Crippen LogP contribution in [-0.4, -0.2) is 18.4 Å². The number of nitrogens with zero attached hydrogens (tertiary/aromatic N) is 1. The van der Waals surface area contributed by atoms with Gasteiger partial charge in [0.05, 0.1) is 12.0 Å². The number of carbonyl (C=O) groups is 2. The highest BCUT2D eigenvalue weighted by Crippen LogP contribution is 2.41. The van der Waals surface area contributed by atoms with E-state index in [4.69, 9.17) is 0 Å². The Labute approximate surface area is 152 Å². The fourth-order valence-corrected chi connectivity index (χ4v) is 4.22. The number of thiophene rings is 1. The Bertz CT molecular complexity index is 725. The Morgan fingerprint density at radius 1 is 1.28 bits per heavy atom. The summed E-state index contributed by atoms with van der Waals surface area (Å²) in [6.45, 7) is 4.74. The van der Waals surface area contributed by atoms with Crippen LogP contribution in [0.5, 0.6) is 0 Å². The van der Waals surface area contributed by atoms with Crippen LogP contribution in [0.1, 0.15) is 42.7 Å².